The van der Waals surface area contributed by atoms with E-state index in [0.29, 0.717) is 18.8 Å². The van der Waals surface area contributed by atoms with Crippen LogP contribution in [0.3, 0.4) is 0 Å². The summed E-state index contributed by atoms with van der Waals surface area (Å²) in [4.78, 5) is 16.4. The number of aromatic nitrogens is 2. The van der Waals surface area contributed by atoms with E-state index in [1.54, 1.807) is 0 Å². The highest BCUT2D eigenvalue weighted by molar-refractivity contribution is 5.65. The van der Waals surface area contributed by atoms with Crippen molar-refractivity contribution in [1.29, 1.82) is 0 Å². The Bertz CT molecular complexity index is 704. The highest BCUT2D eigenvalue weighted by Crippen LogP contribution is 2.28. The molecule has 2 heterocycles. The molecule has 1 aliphatic heterocycles. The predicted molar refractivity (Wildman–Crippen MR) is 71.2 cm³/mol. The second kappa shape index (κ2) is 5.70. The van der Waals surface area contributed by atoms with Gasteiger partial charge < -0.3 is 14.5 Å². The minimum atomic E-state index is -0.988. The lowest BCUT2D eigenvalue weighted by Crippen LogP contribution is -2.38. The van der Waals surface area contributed by atoms with E-state index in [1.807, 2.05) is 0 Å². The normalized spacial score (nSPS) is 18.5. The number of amides is 1. The summed E-state index contributed by atoms with van der Waals surface area (Å²) in [5.74, 6) is -1.37. The van der Waals surface area contributed by atoms with Crippen molar-refractivity contribution in [3.63, 3.8) is 0 Å². The van der Waals surface area contributed by atoms with Gasteiger partial charge in [-0.2, -0.15) is 4.98 Å². The first-order valence-corrected chi connectivity index (χ1v) is 6.81. The van der Waals surface area contributed by atoms with Gasteiger partial charge in [0.2, 0.25) is 0 Å². The summed E-state index contributed by atoms with van der Waals surface area (Å²) in [5, 5.41) is 12.8. The monoisotopic (exact) mass is 309 g/mol. The molecule has 3 rings (SSSR count). The number of carbonyl (C=O) groups is 1. The molecule has 0 saturated carbocycles. The molecular formula is C14H13F2N3O3. The fourth-order valence-corrected chi connectivity index (χ4v) is 2.53. The summed E-state index contributed by atoms with van der Waals surface area (Å²) in [7, 11) is 0. The van der Waals surface area contributed by atoms with E-state index in [-0.39, 0.29) is 23.9 Å². The zero-order valence-electron chi connectivity index (χ0n) is 11.5. The van der Waals surface area contributed by atoms with Crippen molar-refractivity contribution in [2.45, 2.75) is 18.8 Å². The molecule has 116 valence electrons. The highest BCUT2D eigenvalue weighted by Gasteiger charge is 2.28. The SMILES string of the molecule is O=C(O)N1CCCC(c2noc(-c3ccc(F)cc3F)n2)C1. The Balaban J connectivity index is 1.83. The standard InChI is InChI=1S/C14H13F2N3O3/c15-9-3-4-10(11(16)6-9)13-17-12(18-22-13)8-2-1-5-19(7-8)14(20)21/h3-4,6,8H,1-2,5,7H2,(H,20,21). The van der Waals surface area contributed by atoms with Gasteiger partial charge in [-0.3, -0.25) is 0 Å². The van der Waals surface area contributed by atoms with E-state index in [4.69, 9.17) is 9.63 Å². The Morgan fingerprint density at radius 1 is 1.41 bits per heavy atom. The van der Waals surface area contributed by atoms with Gasteiger partial charge in [-0.1, -0.05) is 5.16 Å². The van der Waals surface area contributed by atoms with Gasteiger partial charge in [-0.05, 0) is 25.0 Å². The van der Waals surface area contributed by atoms with Crippen molar-refractivity contribution < 1.29 is 23.2 Å². The first-order valence-electron chi connectivity index (χ1n) is 6.81. The highest BCUT2D eigenvalue weighted by atomic mass is 19.1. The van der Waals surface area contributed by atoms with Crippen molar-refractivity contribution in [3.05, 3.63) is 35.7 Å². The van der Waals surface area contributed by atoms with Crippen molar-refractivity contribution >= 4 is 6.09 Å². The third-order valence-electron chi connectivity index (χ3n) is 3.66. The molecule has 1 unspecified atom stereocenters. The van der Waals surface area contributed by atoms with Crippen molar-refractivity contribution in [1.82, 2.24) is 15.0 Å². The van der Waals surface area contributed by atoms with Gasteiger partial charge in [0, 0.05) is 25.1 Å². The van der Waals surface area contributed by atoms with Gasteiger partial charge in [0.25, 0.3) is 5.89 Å². The van der Waals surface area contributed by atoms with Crippen LogP contribution in [0.5, 0.6) is 0 Å². The molecule has 1 N–H and O–H groups in total. The number of piperidine rings is 1. The summed E-state index contributed by atoms with van der Waals surface area (Å²) < 4.78 is 31.6. The molecule has 1 amide bonds. The first kappa shape index (κ1) is 14.4. The average Bonchev–Trinajstić information content (AvgIpc) is 2.97. The Kier molecular flexibility index (Phi) is 3.74. The molecular weight excluding hydrogens is 296 g/mol. The quantitative estimate of drug-likeness (QED) is 0.922. The van der Waals surface area contributed by atoms with Crippen LogP contribution in [0.4, 0.5) is 13.6 Å². The third kappa shape index (κ3) is 2.76. The number of benzene rings is 1. The van der Waals surface area contributed by atoms with Gasteiger partial charge in [0.15, 0.2) is 5.82 Å². The molecule has 1 saturated heterocycles. The second-order valence-corrected chi connectivity index (χ2v) is 5.15. The molecule has 22 heavy (non-hydrogen) atoms. The van der Waals surface area contributed by atoms with Crippen molar-refractivity contribution in [2.75, 3.05) is 13.1 Å². The van der Waals surface area contributed by atoms with Gasteiger partial charge >= 0.3 is 6.09 Å². The number of hydrogen-bond acceptors (Lipinski definition) is 4. The van der Waals surface area contributed by atoms with E-state index >= 15 is 0 Å². The summed E-state index contributed by atoms with van der Waals surface area (Å²) in [5.41, 5.74) is 0.0195. The first-order chi connectivity index (χ1) is 10.5. The van der Waals surface area contributed by atoms with Crippen molar-refractivity contribution in [2.24, 2.45) is 0 Å². The third-order valence-corrected chi connectivity index (χ3v) is 3.66. The Morgan fingerprint density at radius 3 is 2.95 bits per heavy atom. The average molecular weight is 309 g/mol. The van der Waals surface area contributed by atoms with E-state index < -0.39 is 17.7 Å². The van der Waals surface area contributed by atoms with E-state index in [9.17, 15) is 13.6 Å². The summed E-state index contributed by atoms with van der Waals surface area (Å²) >= 11 is 0. The minimum absolute atomic E-state index is 0.0195. The van der Waals surface area contributed by atoms with Crippen LogP contribution in [0.25, 0.3) is 11.5 Å². The lowest BCUT2D eigenvalue weighted by Gasteiger charge is -2.28. The largest absolute Gasteiger partial charge is 0.465 e. The Hall–Kier alpha value is -2.51. The molecule has 6 nitrogen and oxygen atoms in total. The zero-order valence-corrected chi connectivity index (χ0v) is 11.5. The topological polar surface area (TPSA) is 79.5 Å². The maximum absolute atomic E-state index is 13.7. The molecule has 1 aromatic carbocycles. The zero-order chi connectivity index (χ0) is 15.7. The number of hydrogen-bond donors (Lipinski definition) is 1. The summed E-state index contributed by atoms with van der Waals surface area (Å²) in [6, 6.07) is 3.08. The maximum atomic E-state index is 13.7. The van der Waals surface area contributed by atoms with E-state index in [0.717, 1.165) is 18.6 Å². The lowest BCUT2D eigenvalue weighted by atomic mass is 9.98. The molecule has 0 radical (unpaired) electrons. The summed E-state index contributed by atoms with van der Waals surface area (Å²) in [6.07, 6.45) is 0.443. The molecule has 1 fully saturated rings. The van der Waals surface area contributed by atoms with Gasteiger partial charge in [0.05, 0.1) is 5.56 Å². The number of halogens is 2. The number of nitrogens with zero attached hydrogens (tertiary/aromatic N) is 3. The minimum Gasteiger partial charge on any atom is -0.465 e. The smallest absolute Gasteiger partial charge is 0.407 e. The van der Waals surface area contributed by atoms with Crippen LogP contribution >= 0.6 is 0 Å². The van der Waals surface area contributed by atoms with Crippen LogP contribution < -0.4 is 0 Å². The molecule has 1 aliphatic rings. The van der Waals surface area contributed by atoms with E-state index in [2.05, 4.69) is 10.1 Å². The van der Waals surface area contributed by atoms with Crippen LogP contribution in [-0.2, 0) is 0 Å². The Labute approximate surface area is 124 Å². The van der Waals surface area contributed by atoms with E-state index in [1.165, 1.54) is 11.0 Å². The van der Waals surface area contributed by atoms with Crippen LogP contribution in [0.15, 0.2) is 22.7 Å². The lowest BCUT2D eigenvalue weighted by molar-refractivity contribution is 0.129. The van der Waals surface area contributed by atoms with Crippen LogP contribution in [0.1, 0.15) is 24.6 Å². The molecule has 0 bridgehead atoms. The molecule has 8 heteroatoms. The molecule has 0 aliphatic carbocycles. The molecule has 2 aromatic rings. The Morgan fingerprint density at radius 2 is 2.23 bits per heavy atom. The number of carboxylic acid groups (broad SMARTS) is 1. The fourth-order valence-electron chi connectivity index (χ4n) is 2.53. The van der Waals surface area contributed by atoms with Crippen molar-refractivity contribution in [3.8, 4) is 11.5 Å². The summed E-state index contributed by atoms with van der Waals surface area (Å²) in [6.45, 7) is 0.753. The number of rotatable bonds is 2. The second-order valence-electron chi connectivity index (χ2n) is 5.15. The van der Waals surface area contributed by atoms with Crippen LogP contribution in [0.2, 0.25) is 0 Å². The molecule has 1 aromatic heterocycles. The molecule has 0 spiro atoms. The molecule has 1 atom stereocenters. The van der Waals surface area contributed by atoms with Crippen LogP contribution in [0, 0.1) is 11.6 Å². The van der Waals surface area contributed by atoms with Gasteiger partial charge in [0.1, 0.15) is 11.6 Å². The predicted octanol–water partition coefficient (Wildman–Crippen LogP) is 2.87. The number of likely N-dealkylation sites (tertiary alicyclic amines) is 1. The maximum Gasteiger partial charge on any atom is 0.407 e. The van der Waals surface area contributed by atoms with Gasteiger partial charge in [-0.15, -0.1) is 0 Å². The fraction of sp³-hybridized carbons (Fsp3) is 0.357. The van der Waals surface area contributed by atoms with Gasteiger partial charge in [-0.25, -0.2) is 13.6 Å². The van der Waals surface area contributed by atoms with Crippen LogP contribution in [-0.4, -0.2) is 39.3 Å².